The van der Waals surface area contributed by atoms with Crippen molar-refractivity contribution in [3.8, 4) is 0 Å². The molecule has 0 bridgehead atoms. The third kappa shape index (κ3) is 6.25. The minimum atomic E-state index is -0.630. The van der Waals surface area contributed by atoms with Crippen LogP contribution in [0.3, 0.4) is 0 Å². The van der Waals surface area contributed by atoms with Gasteiger partial charge in [0.1, 0.15) is 0 Å². The molecule has 39 heavy (non-hydrogen) atoms. The van der Waals surface area contributed by atoms with Gasteiger partial charge in [0.25, 0.3) is 0 Å². The first-order valence-corrected chi connectivity index (χ1v) is 14.1. The summed E-state index contributed by atoms with van der Waals surface area (Å²) in [5, 5.41) is 0. The van der Waals surface area contributed by atoms with Gasteiger partial charge in [0.05, 0.1) is 19.6 Å². The standard InChI is InChI=1S/C27H36N6O6/c34-16-28-13-19-9-11-22(12-10-19)31-25(37)32(23-7-3-1-5-20(23)14-29-17-35)27(39)33(26(31)38)24-8-4-2-6-21(24)15-30-18-36/h19-24H,1-15H2. The Morgan fingerprint density at radius 3 is 1.41 bits per heavy atom. The maximum atomic E-state index is 14.1. The summed E-state index contributed by atoms with van der Waals surface area (Å²) in [5.74, 6) is -0.202. The fraction of sp³-hybridized carbons (Fsp3) is 0.778. The van der Waals surface area contributed by atoms with Crippen molar-refractivity contribution >= 4 is 18.2 Å². The average molecular weight is 541 g/mol. The fourth-order valence-electron chi connectivity index (χ4n) is 7.02. The van der Waals surface area contributed by atoms with Crippen LogP contribution in [-0.4, -0.2) is 51.6 Å². The van der Waals surface area contributed by atoms with E-state index in [1.165, 1.54) is 13.7 Å². The summed E-state index contributed by atoms with van der Waals surface area (Å²) in [5.41, 5.74) is -1.85. The monoisotopic (exact) mass is 540 g/mol. The van der Waals surface area contributed by atoms with Crippen LogP contribution in [-0.2, 0) is 14.4 Å². The van der Waals surface area contributed by atoms with E-state index in [1.54, 1.807) is 18.2 Å². The van der Waals surface area contributed by atoms with Crippen molar-refractivity contribution in [2.75, 3.05) is 19.6 Å². The van der Waals surface area contributed by atoms with Crippen LogP contribution in [0.25, 0.3) is 0 Å². The quantitative estimate of drug-likeness (QED) is 0.346. The lowest BCUT2D eigenvalue weighted by atomic mass is 9.83. The highest BCUT2D eigenvalue weighted by atomic mass is 16.2. The molecule has 0 aromatic carbocycles. The third-order valence-corrected chi connectivity index (χ3v) is 9.01. The molecule has 3 aliphatic carbocycles. The molecule has 12 nitrogen and oxygen atoms in total. The minimum Gasteiger partial charge on any atom is -0.247 e. The molecule has 3 saturated carbocycles. The molecule has 0 aliphatic heterocycles. The lowest BCUT2D eigenvalue weighted by Crippen LogP contribution is -2.59. The van der Waals surface area contributed by atoms with Gasteiger partial charge in [-0.05, 0) is 57.3 Å². The van der Waals surface area contributed by atoms with E-state index in [9.17, 15) is 28.8 Å². The van der Waals surface area contributed by atoms with Crippen LogP contribution in [0.5, 0.6) is 0 Å². The van der Waals surface area contributed by atoms with Gasteiger partial charge >= 0.3 is 17.1 Å². The van der Waals surface area contributed by atoms with Crippen molar-refractivity contribution in [3.05, 3.63) is 31.5 Å². The summed E-state index contributed by atoms with van der Waals surface area (Å²) in [4.78, 5) is 85.7. The average Bonchev–Trinajstić information content (AvgIpc) is 2.95. The topological polar surface area (TPSA) is 154 Å². The number of hydrogen-bond acceptors (Lipinski definition) is 9. The lowest BCUT2D eigenvalue weighted by molar-refractivity contribution is 0.179. The molecule has 0 N–H and O–H groups in total. The summed E-state index contributed by atoms with van der Waals surface area (Å²) < 4.78 is 3.77. The molecule has 1 aromatic rings. The van der Waals surface area contributed by atoms with E-state index < -0.39 is 29.2 Å². The van der Waals surface area contributed by atoms with Gasteiger partial charge in [0, 0.05) is 30.0 Å². The number of isocyanates is 3. The number of aliphatic imine (C=N–C) groups is 3. The smallest absolute Gasteiger partial charge is 0.247 e. The Labute approximate surface area is 225 Å². The van der Waals surface area contributed by atoms with E-state index in [4.69, 9.17) is 0 Å². The highest BCUT2D eigenvalue weighted by Gasteiger charge is 2.36. The van der Waals surface area contributed by atoms with Crippen LogP contribution >= 0.6 is 0 Å². The van der Waals surface area contributed by atoms with Crippen molar-refractivity contribution < 1.29 is 14.4 Å². The van der Waals surface area contributed by atoms with Gasteiger partial charge in [-0.1, -0.05) is 25.7 Å². The molecule has 1 aromatic heterocycles. The predicted molar refractivity (Wildman–Crippen MR) is 141 cm³/mol. The summed E-state index contributed by atoms with van der Waals surface area (Å²) >= 11 is 0. The normalized spacial score (nSPS) is 28.9. The predicted octanol–water partition coefficient (Wildman–Crippen LogP) is 2.37. The molecule has 1 heterocycles. The second-order valence-electron chi connectivity index (χ2n) is 11.2. The van der Waals surface area contributed by atoms with Crippen LogP contribution in [0.2, 0.25) is 0 Å². The highest BCUT2D eigenvalue weighted by molar-refractivity contribution is 5.33. The Kier molecular flexibility index (Phi) is 9.93. The summed E-state index contributed by atoms with van der Waals surface area (Å²) in [7, 11) is 0. The highest BCUT2D eigenvalue weighted by Crippen LogP contribution is 2.36. The first-order chi connectivity index (χ1) is 19.0. The maximum Gasteiger partial charge on any atom is 0.336 e. The summed E-state index contributed by atoms with van der Waals surface area (Å²) in [6.07, 6.45) is 13.2. The zero-order valence-corrected chi connectivity index (χ0v) is 22.2. The van der Waals surface area contributed by atoms with Gasteiger partial charge in [-0.3, -0.25) is 0 Å². The zero-order valence-electron chi connectivity index (χ0n) is 22.2. The fourth-order valence-corrected chi connectivity index (χ4v) is 7.02. The largest absolute Gasteiger partial charge is 0.336 e. The molecule has 4 rings (SSSR count). The van der Waals surface area contributed by atoms with Gasteiger partial charge in [-0.15, -0.1) is 0 Å². The minimum absolute atomic E-state index is 0.168. The molecule has 0 radical (unpaired) electrons. The molecule has 4 unspecified atom stereocenters. The molecule has 12 heteroatoms. The van der Waals surface area contributed by atoms with Crippen molar-refractivity contribution in [3.63, 3.8) is 0 Å². The zero-order chi connectivity index (χ0) is 27.8. The van der Waals surface area contributed by atoms with E-state index in [2.05, 4.69) is 15.0 Å². The van der Waals surface area contributed by atoms with E-state index in [0.717, 1.165) is 25.7 Å². The van der Waals surface area contributed by atoms with Gasteiger partial charge in [-0.2, -0.15) is 0 Å². The van der Waals surface area contributed by atoms with E-state index in [-0.39, 0.29) is 36.9 Å². The molecular formula is C27H36N6O6. The van der Waals surface area contributed by atoms with E-state index >= 15 is 0 Å². The van der Waals surface area contributed by atoms with E-state index in [1.807, 2.05) is 0 Å². The Balaban J connectivity index is 1.85. The first kappa shape index (κ1) is 28.6. The number of nitrogens with zero attached hydrogens (tertiary/aromatic N) is 6. The molecule has 0 saturated heterocycles. The molecule has 4 atom stereocenters. The van der Waals surface area contributed by atoms with Gasteiger partial charge in [0.15, 0.2) is 0 Å². The van der Waals surface area contributed by atoms with Crippen LogP contribution < -0.4 is 17.1 Å². The summed E-state index contributed by atoms with van der Waals surface area (Å²) in [6.45, 7) is 0.708. The third-order valence-electron chi connectivity index (χ3n) is 9.01. The second-order valence-corrected chi connectivity index (χ2v) is 11.2. The van der Waals surface area contributed by atoms with Crippen molar-refractivity contribution in [2.45, 2.75) is 95.2 Å². The summed E-state index contributed by atoms with van der Waals surface area (Å²) in [6, 6.07) is -1.35. The van der Waals surface area contributed by atoms with Crippen molar-refractivity contribution in [1.29, 1.82) is 0 Å². The first-order valence-electron chi connectivity index (χ1n) is 14.1. The number of aromatic nitrogens is 3. The Morgan fingerprint density at radius 2 is 0.949 bits per heavy atom. The maximum absolute atomic E-state index is 14.1. The van der Waals surface area contributed by atoms with E-state index in [0.29, 0.717) is 57.9 Å². The Hall–Kier alpha value is -3.45. The van der Waals surface area contributed by atoms with Crippen molar-refractivity contribution in [1.82, 2.24) is 13.7 Å². The van der Waals surface area contributed by atoms with Crippen LogP contribution in [0.4, 0.5) is 0 Å². The molecule has 0 amide bonds. The SMILES string of the molecule is O=C=NCC1CCC(n2c(=O)n(C3CCCCC3CN=C=O)c(=O)n(C3CCCCC3CN=C=O)c2=O)CC1. The number of hydrogen-bond donors (Lipinski definition) is 0. The van der Waals surface area contributed by atoms with Crippen molar-refractivity contribution in [2.24, 2.45) is 32.7 Å². The van der Waals surface area contributed by atoms with Crippen LogP contribution in [0.1, 0.15) is 95.2 Å². The van der Waals surface area contributed by atoms with Gasteiger partial charge < -0.3 is 0 Å². The molecule has 3 aliphatic rings. The molecule has 0 spiro atoms. The molecule has 210 valence electrons. The van der Waals surface area contributed by atoms with Crippen LogP contribution in [0.15, 0.2) is 29.4 Å². The number of carbonyl (C=O) groups excluding carboxylic acids is 3. The second kappa shape index (κ2) is 13.6. The molecule has 3 fully saturated rings. The Morgan fingerprint density at radius 1 is 0.538 bits per heavy atom. The Bertz CT molecular complexity index is 1260. The molecular weight excluding hydrogens is 504 g/mol. The van der Waals surface area contributed by atoms with Gasteiger partial charge in [0.2, 0.25) is 18.2 Å². The lowest BCUT2D eigenvalue weighted by Gasteiger charge is -2.36. The van der Waals surface area contributed by atoms with Gasteiger partial charge in [-0.25, -0.2) is 57.4 Å². The van der Waals surface area contributed by atoms with Crippen LogP contribution in [0, 0.1) is 17.8 Å². The number of rotatable bonds is 9.